The van der Waals surface area contributed by atoms with Gasteiger partial charge in [-0.05, 0) is 24.3 Å². The third-order valence-corrected chi connectivity index (χ3v) is 3.17. The monoisotopic (exact) mass is 289 g/mol. The van der Waals surface area contributed by atoms with Crippen LogP contribution in [0, 0.1) is 11.3 Å². The SMILES string of the molecule is COc1ccc(N(C)C(=O)c2cc(C#N)c[nH]2)cc1Cl. The van der Waals surface area contributed by atoms with Crippen molar-refractivity contribution in [1.29, 1.82) is 5.26 Å². The summed E-state index contributed by atoms with van der Waals surface area (Å²) in [5, 5.41) is 9.18. The number of carbonyl (C=O) groups excluding carboxylic acids is 1. The standard InChI is InChI=1S/C14H12ClN3O2/c1-18(10-3-4-13(20-2)11(15)6-10)14(19)12-5-9(7-16)8-17-12/h3-6,8,17H,1-2H3. The lowest BCUT2D eigenvalue weighted by molar-refractivity contribution is 0.0989. The lowest BCUT2D eigenvalue weighted by atomic mass is 10.2. The van der Waals surface area contributed by atoms with Crippen molar-refractivity contribution in [2.24, 2.45) is 0 Å². The van der Waals surface area contributed by atoms with Gasteiger partial charge in [0.1, 0.15) is 17.5 Å². The zero-order chi connectivity index (χ0) is 14.7. The minimum atomic E-state index is -0.257. The molecule has 0 radical (unpaired) electrons. The van der Waals surface area contributed by atoms with Crippen LogP contribution in [0.15, 0.2) is 30.5 Å². The number of nitrogens with one attached hydrogen (secondary N) is 1. The second kappa shape index (κ2) is 5.68. The Morgan fingerprint density at radius 3 is 2.75 bits per heavy atom. The van der Waals surface area contributed by atoms with Gasteiger partial charge in [0.2, 0.25) is 0 Å². The predicted molar refractivity (Wildman–Crippen MR) is 76.2 cm³/mol. The molecule has 0 unspecified atom stereocenters. The Labute approximate surface area is 121 Å². The van der Waals surface area contributed by atoms with E-state index in [1.165, 1.54) is 24.3 Å². The van der Waals surface area contributed by atoms with Crippen molar-refractivity contribution in [2.45, 2.75) is 0 Å². The topological polar surface area (TPSA) is 69.1 Å². The molecule has 1 aromatic carbocycles. The van der Waals surface area contributed by atoms with Crippen molar-refractivity contribution in [2.75, 3.05) is 19.1 Å². The Morgan fingerprint density at radius 2 is 2.20 bits per heavy atom. The number of anilines is 1. The van der Waals surface area contributed by atoms with Crippen LogP contribution in [0.5, 0.6) is 5.75 Å². The fourth-order valence-corrected chi connectivity index (χ4v) is 2.00. The molecule has 1 N–H and O–H groups in total. The van der Waals surface area contributed by atoms with Crippen LogP contribution < -0.4 is 9.64 Å². The Morgan fingerprint density at radius 1 is 1.45 bits per heavy atom. The number of halogens is 1. The molecule has 1 heterocycles. The van der Waals surface area contributed by atoms with Gasteiger partial charge < -0.3 is 14.6 Å². The highest BCUT2D eigenvalue weighted by atomic mass is 35.5. The van der Waals surface area contributed by atoms with Crippen LogP contribution in [0.25, 0.3) is 0 Å². The summed E-state index contributed by atoms with van der Waals surface area (Å²) in [5.41, 5.74) is 1.39. The van der Waals surface area contributed by atoms with E-state index in [9.17, 15) is 4.79 Å². The lowest BCUT2D eigenvalue weighted by Gasteiger charge is -2.17. The largest absolute Gasteiger partial charge is 0.495 e. The van der Waals surface area contributed by atoms with Gasteiger partial charge in [0.25, 0.3) is 5.91 Å². The summed E-state index contributed by atoms with van der Waals surface area (Å²) >= 11 is 6.04. The Balaban J connectivity index is 2.26. The van der Waals surface area contributed by atoms with Crippen molar-refractivity contribution in [1.82, 2.24) is 4.98 Å². The van der Waals surface area contributed by atoms with Gasteiger partial charge in [0.15, 0.2) is 0 Å². The van der Waals surface area contributed by atoms with E-state index < -0.39 is 0 Å². The van der Waals surface area contributed by atoms with Crippen molar-refractivity contribution < 1.29 is 9.53 Å². The van der Waals surface area contributed by atoms with Crippen LogP contribution >= 0.6 is 11.6 Å². The molecule has 6 heteroatoms. The fourth-order valence-electron chi connectivity index (χ4n) is 1.74. The number of nitriles is 1. The summed E-state index contributed by atoms with van der Waals surface area (Å²) in [7, 11) is 3.16. The van der Waals surface area contributed by atoms with E-state index in [-0.39, 0.29) is 5.91 Å². The summed E-state index contributed by atoms with van der Waals surface area (Å²) in [6.07, 6.45) is 1.49. The summed E-state index contributed by atoms with van der Waals surface area (Å²) in [6, 6.07) is 8.54. The second-order valence-electron chi connectivity index (χ2n) is 4.10. The molecule has 0 saturated carbocycles. The third-order valence-electron chi connectivity index (χ3n) is 2.87. The smallest absolute Gasteiger partial charge is 0.274 e. The molecule has 0 saturated heterocycles. The molecule has 0 aliphatic heterocycles. The van der Waals surface area contributed by atoms with E-state index >= 15 is 0 Å². The number of H-pyrrole nitrogens is 1. The number of benzene rings is 1. The average molecular weight is 290 g/mol. The number of methoxy groups -OCH3 is 1. The first-order valence-electron chi connectivity index (χ1n) is 5.77. The van der Waals surface area contributed by atoms with Crippen LogP contribution in [-0.2, 0) is 0 Å². The minimum Gasteiger partial charge on any atom is -0.495 e. The van der Waals surface area contributed by atoms with Gasteiger partial charge in [-0.3, -0.25) is 4.79 Å². The van der Waals surface area contributed by atoms with Crippen LogP contribution in [0.2, 0.25) is 5.02 Å². The summed E-state index contributed by atoms with van der Waals surface area (Å²) in [4.78, 5) is 16.5. The lowest BCUT2D eigenvalue weighted by Crippen LogP contribution is -2.26. The molecule has 0 bridgehead atoms. The quantitative estimate of drug-likeness (QED) is 0.944. The number of carbonyl (C=O) groups is 1. The van der Waals surface area contributed by atoms with E-state index in [0.29, 0.717) is 27.7 Å². The predicted octanol–water partition coefficient (Wildman–Crippen LogP) is 2.82. The normalized spacial score (nSPS) is 9.90. The Hall–Kier alpha value is -2.45. The third kappa shape index (κ3) is 2.60. The highest BCUT2D eigenvalue weighted by molar-refractivity contribution is 6.32. The number of amides is 1. The van der Waals surface area contributed by atoms with Crippen LogP contribution in [0.1, 0.15) is 16.1 Å². The minimum absolute atomic E-state index is 0.257. The molecule has 0 spiro atoms. The maximum atomic E-state index is 12.3. The number of hydrogen-bond donors (Lipinski definition) is 1. The molecule has 1 aromatic heterocycles. The van der Waals surface area contributed by atoms with Crippen molar-refractivity contribution >= 4 is 23.2 Å². The van der Waals surface area contributed by atoms with Gasteiger partial charge in [-0.25, -0.2) is 0 Å². The van der Waals surface area contributed by atoms with E-state index in [2.05, 4.69) is 4.98 Å². The average Bonchev–Trinajstić information content (AvgIpc) is 2.94. The maximum absolute atomic E-state index is 12.3. The number of hydrogen-bond acceptors (Lipinski definition) is 3. The van der Waals surface area contributed by atoms with Gasteiger partial charge in [0.05, 0.1) is 17.7 Å². The van der Waals surface area contributed by atoms with Gasteiger partial charge in [0, 0.05) is 18.9 Å². The van der Waals surface area contributed by atoms with Gasteiger partial charge in [-0.1, -0.05) is 11.6 Å². The molecule has 20 heavy (non-hydrogen) atoms. The highest BCUT2D eigenvalue weighted by Crippen LogP contribution is 2.29. The molecule has 0 fully saturated rings. The maximum Gasteiger partial charge on any atom is 0.274 e. The van der Waals surface area contributed by atoms with E-state index in [1.54, 1.807) is 25.2 Å². The van der Waals surface area contributed by atoms with Gasteiger partial charge >= 0.3 is 0 Å². The summed E-state index contributed by atoms with van der Waals surface area (Å²) in [5.74, 6) is 0.288. The molecule has 0 aliphatic carbocycles. The van der Waals surface area contributed by atoms with E-state index in [4.69, 9.17) is 21.6 Å². The first-order valence-corrected chi connectivity index (χ1v) is 6.14. The zero-order valence-electron chi connectivity index (χ0n) is 11.0. The van der Waals surface area contributed by atoms with Crippen LogP contribution in [-0.4, -0.2) is 25.0 Å². The molecular formula is C14H12ClN3O2. The van der Waals surface area contributed by atoms with Crippen LogP contribution in [0.4, 0.5) is 5.69 Å². The molecule has 2 aromatic rings. The van der Waals surface area contributed by atoms with E-state index in [1.807, 2.05) is 6.07 Å². The molecule has 0 atom stereocenters. The molecule has 5 nitrogen and oxygen atoms in total. The van der Waals surface area contributed by atoms with Crippen molar-refractivity contribution in [3.63, 3.8) is 0 Å². The first-order chi connectivity index (χ1) is 9.56. The number of aromatic nitrogens is 1. The molecule has 0 aliphatic rings. The number of aromatic amines is 1. The first kappa shape index (κ1) is 14.0. The zero-order valence-corrected chi connectivity index (χ0v) is 11.7. The summed E-state index contributed by atoms with van der Waals surface area (Å²) in [6.45, 7) is 0. The van der Waals surface area contributed by atoms with Crippen molar-refractivity contribution in [3.05, 3.63) is 46.7 Å². The van der Waals surface area contributed by atoms with E-state index in [0.717, 1.165) is 0 Å². The summed E-state index contributed by atoms with van der Waals surface area (Å²) < 4.78 is 5.07. The van der Waals surface area contributed by atoms with Crippen molar-refractivity contribution in [3.8, 4) is 11.8 Å². The van der Waals surface area contributed by atoms with Gasteiger partial charge in [-0.2, -0.15) is 5.26 Å². The molecule has 102 valence electrons. The number of nitrogens with zero attached hydrogens (tertiary/aromatic N) is 2. The molecule has 1 amide bonds. The second-order valence-corrected chi connectivity index (χ2v) is 4.50. The fraction of sp³-hybridized carbons (Fsp3) is 0.143. The van der Waals surface area contributed by atoms with Crippen LogP contribution in [0.3, 0.4) is 0 Å². The van der Waals surface area contributed by atoms with Gasteiger partial charge in [-0.15, -0.1) is 0 Å². The Kier molecular flexibility index (Phi) is 3.97. The number of rotatable bonds is 3. The molecular weight excluding hydrogens is 278 g/mol. The Bertz CT molecular complexity index is 688. The number of ether oxygens (including phenoxy) is 1. The highest BCUT2D eigenvalue weighted by Gasteiger charge is 2.16. The molecule has 2 rings (SSSR count).